The number of hydrogen-bond donors (Lipinski definition) is 0. The number of esters is 1. The van der Waals surface area contributed by atoms with E-state index in [0.29, 0.717) is 12.3 Å². The van der Waals surface area contributed by atoms with E-state index in [9.17, 15) is 14.9 Å². The SMILES string of the molecule is CC(=O)Oc1ccc2ccn(Cc3ccc([N+](=O)[O-])cc3)c2c1. The first-order valence-corrected chi connectivity index (χ1v) is 7.03. The molecule has 3 rings (SSSR count). The molecule has 0 amide bonds. The van der Waals surface area contributed by atoms with Crippen molar-refractivity contribution < 1.29 is 14.5 Å². The van der Waals surface area contributed by atoms with Crippen molar-refractivity contribution in [1.82, 2.24) is 4.57 Å². The van der Waals surface area contributed by atoms with Gasteiger partial charge in [0, 0.05) is 37.9 Å². The Hall–Kier alpha value is -3.15. The average Bonchev–Trinajstić information content (AvgIpc) is 2.90. The molecular weight excluding hydrogens is 296 g/mol. The lowest BCUT2D eigenvalue weighted by Crippen LogP contribution is -2.02. The van der Waals surface area contributed by atoms with Crippen LogP contribution in [-0.2, 0) is 11.3 Å². The van der Waals surface area contributed by atoms with Gasteiger partial charge in [-0.05, 0) is 29.1 Å². The van der Waals surface area contributed by atoms with Gasteiger partial charge in [0.15, 0.2) is 0 Å². The summed E-state index contributed by atoms with van der Waals surface area (Å²) in [5, 5.41) is 11.7. The number of non-ortho nitro benzene ring substituents is 1. The molecule has 6 nitrogen and oxygen atoms in total. The highest BCUT2D eigenvalue weighted by Crippen LogP contribution is 2.23. The van der Waals surface area contributed by atoms with Crippen molar-refractivity contribution in [1.29, 1.82) is 0 Å². The number of nitrogens with zero attached hydrogens (tertiary/aromatic N) is 2. The molecule has 0 unspecified atom stereocenters. The summed E-state index contributed by atoms with van der Waals surface area (Å²) in [5.74, 6) is 0.131. The Kier molecular flexibility index (Phi) is 3.80. The molecule has 0 bridgehead atoms. The topological polar surface area (TPSA) is 74.4 Å². The summed E-state index contributed by atoms with van der Waals surface area (Å²) in [6.45, 7) is 1.94. The van der Waals surface area contributed by atoms with E-state index in [1.165, 1.54) is 19.1 Å². The van der Waals surface area contributed by atoms with Gasteiger partial charge in [-0.2, -0.15) is 0 Å². The maximum Gasteiger partial charge on any atom is 0.308 e. The first-order valence-electron chi connectivity index (χ1n) is 7.03. The van der Waals surface area contributed by atoms with Crippen molar-refractivity contribution in [2.45, 2.75) is 13.5 Å². The highest BCUT2D eigenvalue weighted by molar-refractivity contribution is 5.82. The molecule has 2 aromatic carbocycles. The number of nitro benzene ring substituents is 1. The molecule has 23 heavy (non-hydrogen) atoms. The summed E-state index contributed by atoms with van der Waals surface area (Å²) < 4.78 is 7.12. The van der Waals surface area contributed by atoms with Gasteiger partial charge in [0.2, 0.25) is 0 Å². The van der Waals surface area contributed by atoms with E-state index in [1.54, 1.807) is 18.2 Å². The maximum atomic E-state index is 11.1. The highest BCUT2D eigenvalue weighted by atomic mass is 16.6. The molecule has 0 saturated carbocycles. The number of nitro groups is 1. The van der Waals surface area contributed by atoms with E-state index in [-0.39, 0.29) is 11.7 Å². The lowest BCUT2D eigenvalue weighted by atomic mass is 10.2. The van der Waals surface area contributed by atoms with Gasteiger partial charge in [0.05, 0.1) is 10.4 Å². The summed E-state index contributed by atoms with van der Waals surface area (Å²) in [6, 6.07) is 13.9. The quantitative estimate of drug-likeness (QED) is 0.320. The number of carbonyl (C=O) groups is 1. The Morgan fingerprint density at radius 2 is 1.91 bits per heavy atom. The Balaban J connectivity index is 1.90. The second kappa shape index (κ2) is 5.92. The molecule has 3 aromatic rings. The first kappa shape index (κ1) is 14.8. The molecule has 6 heteroatoms. The summed E-state index contributed by atoms with van der Waals surface area (Å²) >= 11 is 0. The number of carbonyl (C=O) groups excluding carboxylic acids is 1. The van der Waals surface area contributed by atoms with Crippen LogP contribution in [0.15, 0.2) is 54.7 Å². The molecule has 116 valence electrons. The minimum absolute atomic E-state index is 0.0725. The van der Waals surface area contributed by atoms with Crippen LogP contribution in [0.1, 0.15) is 12.5 Å². The second-order valence-corrected chi connectivity index (χ2v) is 5.18. The minimum Gasteiger partial charge on any atom is -0.427 e. The van der Waals surface area contributed by atoms with Crippen molar-refractivity contribution in [2.24, 2.45) is 0 Å². The van der Waals surface area contributed by atoms with Gasteiger partial charge in [-0.25, -0.2) is 0 Å². The number of hydrogen-bond acceptors (Lipinski definition) is 4. The van der Waals surface area contributed by atoms with E-state index < -0.39 is 4.92 Å². The fourth-order valence-electron chi connectivity index (χ4n) is 2.45. The van der Waals surface area contributed by atoms with Crippen LogP contribution in [0.3, 0.4) is 0 Å². The zero-order chi connectivity index (χ0) is 16.4. The fraction of sp³-hybridized carbons (Fsp3) is 0.118. The first-order chi connectivity index (χ1) is 11.0. The number of ether oxygens (including phenoxy) is 1. The van der Waals surface area contributed by atoms with Crippen molar-refractivity contribution in [3.63, 3.8) is 0 Å². The van der Waals surface area contributed by atoms with Crippen LogP contribution < -0.4 is 4.74 Å². The molecule has 1 aromatic heterocycles. The summed E-state index contributed by atoms with van der Waals surface area (Å²) in [4.78, 5) is 21.3. The van der Waals surface area contributed by atoms with Crippen molar-refractivity contribution >= 4 is 22.6 Å². The standard InChI is InChI=1S/C17H14N2O4/c1-12(20)23-16-7-4-14-8-9-18(17(14)10-16)11-13-2-5-15(6-3-13)19(21)22/h2-10H,11H2,1H3. The van der Waals surface area contributed by atoms with Gasteiger partial charge >= 0.3 is 5.97 Å². The van der Waals surface area contributed by atoms with Gasteiger partial charge in [0.1, 0.15) is 5.75 Å². The number of fused-ring (bicyclic) bond motifs is 1. The second-order valence-electron chi connectivity index (χ2n) is 5.18. The van der Waals surface area contributed by atoms with Crippen LogP contribution in [0.5, 0.6) is 5.75 Å². The van der Waals surface area contributed by atoms with Gasteiger partial charge in [-0.15, -0.1) is 0 Å². The largest absolute Gasteiger partial charge is 0.427 e. The van der Waals surface area contributed by atoms with Crippen LogP contribution in [0.25, 0.3) is 10.9 Å². The van der Waals surface area contributed by atoms with E-state index in [4.69, 9.17) is 4.74 Å². The zero-order valence-corrected chi connectivity index (χ0v) is 12.4. The number of rotatable bonds is 4. The number of benzene rings is 2. The van der Waals surface area contributed by atoms with Crippen LogP contribution in [-0.4, -0.2) is 15.5 Å². The van der Waals surface area contributed by atoms with Gasteiger partial charge in [-0.1, -0.05) is 12.1 Å². The predicted molar refractivity (Wildman–Crippen MR) is 85.4 cm³/mol. The Bertz CT molecular complexity index is 881. The van der Waals surface area contributed by atoms with E-state index in [1.807, 2.05) is 29.0 Å². The fourth-order valence-corrected chi connectivity index (χ4v) is 2.45. The zero-order valence-electron chi connectivity index (χ0n) is 12.4. The van der Waals surface area contributed by atoms with Crippen LogP contribution in [0.2, 0.25) is 0 Å². The minimum atomic E-state index is -0.416. The third-order valence-corrected chi connectivity index (χ3v) is 3.51. The molecule has 0 aliphatic carbocycles. The van der Waals surface area contributed by atoms with E-state index in [2.05, 4.69) is 0 Å². The van der Waals surface area contributed by atoms with Gasteiger partial charge in [0.25, 0.3) is 5.69 Å². The maximum absolute atomic E-state index is 11.1. The lowest BCUT2D eigenvalue weighted by molar-refractivity contribution is -0.384. The smallest absolute Gasteiger partial charge is 0.308 e. The Labute approximate surface area is 132 Å². The summed E-state index contributed by atoms with van der Waals surface area (Å²) in [5.41, 5.74) is 1.95. The lowest BCUT2D eigenvalue weighted by Gasteiger charge is -2.07. The normalized spacial score (nSPS) is 10.7. The predicted octanol–water partition coefficient (Wildman–Crippen LogP) is 3.52. The molecular formula is C17H14N2O4. The van der Waals surface area contributed by atoms with Gasteiger partial charge < -0.3 is 9.30 Å². The average molecular weight is 310 g/mol. The molecule has 1 heterocycles. The third-order valence-electron chi connectivity index (χ3n) is 3.51. The molecule has 0 spiro atoms. The van der Waals surface area contributed by atoms with Gasteiger partial charge in [-0.3, -0.25) is 14.9 Å². The summed E-state index contributed by atoms with van der Waals surface area (Å²) in [6.07, 6.45) is 1.93. The Morgan fingerprint density at radius 3 is 2.57 bits per heavy atom. The molecule has 0 atom stereocenters. The van der Waals surface area contributed by atoms with E-state index >= 15 is 0 Å². The molecule has 0 aliphatic heterocycles. The van der Waals surface area contributed by atoms with Crippen LogP contribution in [0, 0.1) is 10.1 Å². The molecule has 0 radical (unpaired) electrons. The summed E-state index contributed by atoms with van der Waals surface area (Å²) in [7, 11) is 0. The molecule has 0 N–H and O–H groups in total. The van der Waals surface area contributed by atoms with Crippen molar-refractivity contribution in [3.8, 4) is 5.75 Å². The number of aromatic nitrogens is 1. The van der Waals surface area contributed by atoms with Crippen LogP contribution >= 0.6 is 0 Å². The molecule has 0 saturated heterocycles. The molecule has 0 fully saturated rings. The van der Waals surface area contributed by atoms with E-state index in [0.717, 1.165) is 16.5 Å². The van der Waals surface area contributed by atoms with Crippen molar-refractivity contribution in [3.05, 3.63) is 70.4 Å². The highest BCUT2D eigenvalue weighted by Gasteiger charge is 2.07. The Morgan fingerprint density at radius 1 is 1.17 bits per heavy atom. The monoisotopic (exact) mass is 310 g/mol. The van der Waals surface area contributed by atoms with Crippen LogP contribution in [0.4, 0.5) is 5.69 Å². The molecule has 0 aliphatic rings. The third kappa shape index (κ3) is 3.21. The van der Waals surface area contributed by atoms with Crippen molar-refractivity contribution in [2.75, 3.05) is 0 Å².